The van der Waals surface area contributed by atoms with Crippen LogP contribution in [0.5, 0.6) is 0 Å². The molecule has 74 valence electrons. The number of carbonyl (C=O) groups is 1. The molecule has 0 spiro atoms. The van der Waals surface area contributed by atoms with Crippen LogP contribution in [0.15, 0.2) is 28.0 Å². The second-order valence-electron chi connectivity index (χ2n) is 2.77. The van der Waals surface area contributed by atoms with Crippen LogP contribution in [0.2, 0.25) is 0 Å². The largest absolute Gasteiger partial charge is 0.268 e. The van der Waals surface area contributed by atoms with E-state index < -0.39 is 15.9 Å². The van der Waals surface area contributed by atoms with Crippen molar-refractivity contribution in [2.45, 2.75) is 9.79 Å². The molecule has 1 aliphatic rings. The number of carbonyl (C=O) groups excluding carboxylic acids is 1. The van der Waals surface area contributed by atoms with E-state index in [9.17, 15) is 13.2 Å². The maximum atomic E-state index is 11.4. The molecule has 0 aromatic heterocycles. The molecule has 6 heteroatoms. The van der Waals surface area contributed by atoms with Gasteiger partial charge in [-0.15, -0.1) is 11.8 Å². The van der Waals surface area contributed by atoms with Crippen LogP contribution in [-0.2, 0) is 10.0 Å². The molecule has 0 aliphatic carbocycles. The van der Waals surface area contributed by atoms with Crippen LogP contribution in [-0.4, -0.2) is 20.6 Å². The molecule has 0 unspecified atom stereocenters. The first-order valence-corrected chi connectivity index (χ1v) is 6.51. The summed E-state index contributed by atoms with van der Waals surface area (Å²) in [5.74, 6) is -0.537. The number of amides is 1. The summed E-state index contributed by atoms with van der Waals surface area (Å²) in [5, 5.41) is 0. The van der Waals surface area contributed by atoms with Gasteiger partial charge in [0, 0.05) is 4.90 Å². The highest BCUT2D eigenvalue weighted by Gasteiger charge is 2.34. The highest BCUT2D eigenvalue weighted by Crippen LogP contribution is 2.30. The minimum atomic E-state index is -3.60. The van der Waals surface area contributed by atoms with Gasteiger partial charge in [0.2, 0.25) is 0 Å². The Bertz CT molecular complexity index is 507. The molecule has 2 rings (SSSR count). The number of fused-ring (bicyclic) bond motifs is 1. The Labute approximate surface area is 85.8 Å². The molecule has 1 aliphatic heterocycles. The molecule has 14 heavy (non-hydrogen) atoms. The average molecular weight is 229 g/mol. The fourth-order valence-corrected chi connectivity index (χ4v) is 3.23. The van der Waals surface area contributed by atoms with Crippen LogP contribution < -0.4 is 4.72 Å². The summed E-state index contributed by atoms with van der Waals surface area (Å²) in [6.45, 7) is 0. The zero-order valence-corrected chi connectivity index (χ0v) is 8.91. The van der Waals surface area contributed by atoms with Gasteiger partial charge in [0.15, 0.2) is 0 Å². The summed E-state index contributed by atoms with van der Waals surface area (Å²) < 4.78 is 24.7. The number of sulfonamides is 1. The first-order valence-electron chi connectivity index (χ1n) is 3.80. The van der Waals surface area contributed by atoms with Crippen LogP contribution in [0.3, 0.4) is 0 Å². The van der Waals surface area contributed by atoms with Crippen LogP contribution in [0.25, 0.3) is 0 Å². The van der Waals surface area contributed by atoms with Gasteiger partial charge in [0.1, 0.15) is 4.90 Å². The standard InChI is InChI=1S/C8H7NO3S2/c1-13-5-3-2-4-6-7(5)8(10)9-14(6,11)12/h2-4H,1H3,(H,9,10). The van der Waals surface area contributed by atoms with Crippen molar-refractivity contribution in [3.8, 4) is 0 Å². The van der Waals surface area contributed by atoms with Gasteiger partial charge in [0.25, 0.3) is 15.9 Å². The lowest BCUT2D eigenvalue weighted by Gasteiger charge is -1.99. The average Bonchev–Trinajstić information content (AvgIpc) is 2.38. The fourth-order valence-electron chi connectivity index (χ4n) is 1.36. The molecule has 1 N–H and O–H groups in total. The first-order chi connectivity index (χ1) is 6.56. The Kier molecular flexibility index (Phi) is 2.04. The molecule has 1 aromatic carbocycles. The minimum absolute atomic E-state index is 0.0781. The number of hydrogen-bond donors (Lipinski definition) is 1. The smallest absolute Gasteiger partial charge is 0.267 e. The predicted molar refractivity (Wildman–Crippen MR) is 52.9 cm³/mol. The van der Waals surface area contributed by atoms with E-state index in [-0.39, 0.29) is 10.5 Å². The van der Waals surface area contributed by atoms with Gasteiger partial charge < -0.3 is 0 Å². The quantitative estimate of drug-likeness (QED) is 0.725. The normalized spacial score (nSPS) is 17.6. The van der Waals surface area contributed by atoms with Gasteiger partial charge >= 0.3 is 0 Å². The van der Waals surface area contributed by atoms with E-state index in [4.69, 9.17) is 0 Å². The number of nitrogens with one attached hydrogen (secondary N) is 1. The Balaban J connectivity index is 2.80. The number of hydrogen-bond acceptors (Lipinski definition) is 4. The predicted octanol–water partition coefficient (Wildman–Crippen LogP) is 0.841. The topological polar surface area (TPSA) is 63.2 Å². The van der Waals surface area contributed by atoms with Crippen molar-refractivity contribution in [3.63, 3.8) is 0 Å². The van der Waals surface area contributed by atoms with Crippen molar-refractivity contribution >= 4 is 27.7 Å². The third-order valence-electron chi connectivity index (χ3n) is 1.95. The van der Waals surface area contributed by atoms with Crippen molar-refractivity contribution in [1.82, 2.24) is 4.72 Å². The van der Waals surface area contributed by atoms with Gasteiger partial charge in [0.05, 0.1) is 5.56 Å². The van der Waals surface area contributed by atoms with Gasteiger partial charge in [-0.1, -0.05) is 6.07 Å². The van der Waals surface area contributed by atoms with Crippen molar-refractivity contribution in [1.29, 1.82) is 0 Å². The summed E-state index contributed by atoms with van der Waals surface area (Å²) >= 11 is 1.35. The summed E-state index contributed by atoms with van der Waals surface area (Å²) in [6.07, 6.45) is 1.80. The zero-order valence-electron chi connectivity index (χ0n) is 7.27. The monoisotopic (exact) mass is 229 g/mol. The van der Waals surface area contributed by atoms with E-state index in [1.165, 1.54) is 17.8 Å². The van der Waals surface area contributed by atoms with Crippen molar-refractivity contribution in [3.05, 3.63) is 23.8 Å². The fraction of sp³-hybridized carbons (Fsp3) is 0.125. The van der Waals surface area contributed by atoms with Crippen LogP contribution >= 0.6 is 11.8 Å². The molecule has 1 heterocycles. The third kappa shape index (κ3) is 1.22. The third-order valence-corrected chi connectivity index (χ3v) is 4.10. The van der Waals surface area contributed by atoms with E-state index in [1.807, 2.05) is 4.72 Å². The first kappa shape index (κ1) is 9.54. The molecule has 0 saturated heterocycles. The van der Waals surface area contributed by atoms with E-state index in [0.29, 0.717) is 4.90 Å². The molecular weight excluding hydrogens is 222 g/mol. The highest BCUT2D eigenvalue weighted by molar-refractivity contribution is 7.98. The molecule has 0 bridgehead atoms. The Hall–Kier alpha value is -1.01. The SMILES string of the molecule is CSc1cccc2c1C(=O)NS2(=O)=O. The Morgan fingerprint density at radius 1 is 1.36 bits per heavy atom. The number of benzene rings is 1. The summed E-state index contributed by atoms with van der Waals surface area (Å²) in [6, 6.07) is 4.79. The lowest BCUT2D eigenvalue weighted by molar-refractivity contribution is 0.0982. The maximum absolute atomic E-state index is 11.4. The second kappa shape index (κ2) is 2.99. The maximum Gasteiger partial charge on any atom is 0.267 e. The van der Waals surface area contributed by atoms with Gasteiger partial charge in [-0.25, -0.2) is 13.1 Å². The van der Waals surface area contributed by atoms with E-state index in [2.05, 4.69) is 0 Å². The molecule has 4 nitrogen and oxygen atoms in total. The van der Waals surface area contributed by atoms with Crippen molar-refractivity contribution < 1.29 is 13.2 Å². The molecule has 0 atom stereocenters. The molecular formula is C8H7NO3S2. The van der Waals surface area contributed by atoms with E-state index >= 15 is 0 Å². The molecule has 0 saturated carbocycles. The zero-order chi connectivity index (χ0) is 10.3. The molecule has 0 radical (unpaired) electrons. The lowest BCUT2D eigenvalue weighted by Crippen LogP contribution is -2.20. The summed E-state index contributed by atoms with van der Waals surface area (Å²) in [7, 11) is -3.60. The molecule has 1 amide bonds. The van der Waals surface area contributed by atoms with Gasteiger partial charge in [-0.05, 0) is 18.4 Å². The Morgan fingerprint density at radius 2 is 2.07 bits per heavy atom. The minimum Gasteiger partial charge on any atom is -0.268 e. The molecule has 0 fully saturated rings. The summed E-state index contributed by atoms with van der Waals surface area (Å²) in [5.41, 5.74) is 0.264. The lowest BCUT2D eigenvalue weighted by atomic mass is 10.2. The van der Waals surface area contributed by atoms with E-state index in [1.54, 1.807) is 18.4 Å². The van der Waals surface area contributed by atoms with Gasteiger partial charge in [-0.2, -0.15) is 0 Å². The molecule has 1 aromatic rings. The van der Waals surface area contributed by atoms with Crippen LogP contribution in [0, 0.1) is 0 Å². The van der Waals surface area contributed by atoms with Crippen LogP contribution in [0.4, 0.5) is 0 Å². The van der Waals surface area contributed by atoms with Gasteiger partial charge in [-0.3, -0.25) is 4.79 Å². The summed E-state index contributed by atoms with van der Waals surface area (Å²) in [4.78, 5) is 12.1. The van der Waals surface area contributed by atoms with Crippen molar-refractivity contribution in [2.24, 2.45) is 0 Å². The second-order valence-corrected chi connectivity index (χ2v) is 5.27. The van der Waals surface area contributed by atoms with Crippen LogP contribution in [0.1, 0.15) is 10.4 Å². The number of rotatable bonds is 1. The van der Waals surface area contributed by atoms with E-state index in [0.717, 1.165) is 0 Å². The highest BCUT2D eigenvalue weighted by atomic mass is 32.2. The van der Waals surface area contributed by atoms with Crippen molar-refractivity contribution in [2.75, 3.05) is 6.26 Å². The number of thioether (sulfide) groups is 1. The Morgan fingerprint density at radius 3 is 2.71 bits per heavy atom.